The van der Waals surface area contributed by atoms with E-state index in [2.05, 4.69) is 158 Å². The zero-order chi connectivity index (χ0) is 56.1. The van der Waals surface area contributed by atoms with Crippen molar-refractivity contribution in [2.45, 2.75) is 85.4 Å². The molecule has 0 spiro atoms. The zero-order valence-electron chi connectivity index (χ0n) is 49.4. The van der Waals surface area contributed by atoms with Crippen molar-refractivity contribution in [3.05, 3.63) is 216 Å². The zero-order valence-corrected chi connectivity index (χ0v) is 42.4. The number of fused-ring (bicyclic) bond motifs is 4. The first kappa shape index (κ1) is 38.6. The number of rotatable bonds is 8. The van der Waals surface area contributed by atoms with Gasteiger partial charge >= 0.3 is 11.7 Å². The fourth-order valence-electron chi connectivity index (χ4n) is 9.75. The maximum Gasteiger partial charge on any atom is 0.503 e. The van der Waals surface area contributed by atoms with Crippen molar-refractivity contribution in [3.8, 4) is 50.7 Å². The monoisotopic (exact) mass is 946 g/mol. The number of ether oxygens (including phenoxy) is 1. The van der Waals surface area contributed by atoms with Gasteiger partial charge in [0.15, 0.2) is 0 Å². The Morgan fingerprint density at radius 1 is 0.514 bits per heavy atom. The molecule has 0 saturated heterocycles. The van der Waals surface area contributed by atoms with Gasteiger partial charge in [-0.2, -0.15) is 0 Å². The lowest BCUT2D eigenvalue weighted by Crippen LogP contribution is -2.16. The van der Waals surface area contributed by atoms with E-state index in [1.807, 2.05) is 65.4 Å². The molecule has 11 rings (SSSR count). The van der Waals surface area contributed by atoms with Crippen molar-refractivity contribution in [3.63, 3.8) is 0 Å². The van der Waals surface area contributed by atoms with Gasteiger partial charge in [-0.3, -0.25) is 4.57 Å². The standard InChI is InChI=1S/C67H62N4O/c1-44-20-17-29-60-63(44)70(64-55(46-23-15-12-16-24-46)27-19-28-56(64)48-36-50(66(5,6)7)39-51(37-48)67(8,9)10)43-69(60)52-25-18-26-53(41-52)72-54-31-32-57-58-38-47(45-21-13-11-14-22-45)30-33-59(58)71(61(57)42-54)62-40-49(34-35-68-62)65(2,3)4/h11-42H,1-10H3/q+2/i1D3,12D,15D,23D,24D. The Balaban J connectivity index is 1.12. The Morgan fingerprint density at radius 2 is 1.24 bits per heavy atom. The van der Waals surface area contributed by atoms with Crippen molar-refractivity contribution in [2.24, 2.45) is 0 Å². The quantitative estimate of drug-likeness (QED) is 0.142. The van der Waals surface area contributed by atoms with Gasteiger partial charge in [-0.05, 0) is 126 Å². The molecule has 0 saturated carbocycles. The Labute approximate surface area is 434 Å². The lowest BCUT2D eigenvalue weighted by molar-refractivity contribution is 0.483. The molecule has 0 aliphatic carbocycles. The maximum absolute atomic E-state index is 9.28. The fraction of sp³-hybridized carbons (Fsp3) is 0.194. The van der Waals surface area contributed by atoms with Crippen molar-refractivity contribution in [1.82, 2.24) is 18.7 Å². The van der Waals surface area contributed by atoms with Gasteiger partial charge in [0.1, 0.15) is 17.3 Å². The van der Waals surface area contributed by atoms with Crippen LogP contribution in [0.1, 0.15) is 94.2 Å². The first-order valence-corrected chi connectivity index (χ1v) is 24.6. The van der Waals surface area contributed by atoms with E-state index in [9.17, 15) is 2.74 Å². The number of pyridine rings is 1. The number of nitrogens with zero attached hydrogens (tertiary/aromatic N) is 4. The minimum atomic E-state index is -2.58. The van der Waals surface area contributed by atoms with Crippen LogP contribution in [0.25, 0.3) is 61.0 Å². The molecule has 354 valence electrons. The molecular weight excluding hydrogens is 877 g/mol. The normalized spacial score (nSPS) is 14.4. The first-order chi connectivity index (χ1) is 37.3. The topological polar surface area (TPSA) is 33.1 Å². The van der Waals surface area contributed by atoms with E-state index in [1.54, 1.807) is 22.8 Å². The summed E-state index contributed by atoms with van der Waals surface area (Å²) >= 11 is 0. The van der Waals surface area contributed by atoms with Gasteiger partial charge in [0.25, 0.3) is 5.69 Å². The second kappa shape index (κ2) is 17.6. The van der Waals surface area contributed by atoms with Gasteiger partial charge in [-0.1, -0.05) is 171 Å². The predicted octanol–water partition coefficient (Wildman–Crippen LogP) is 18.0. The van der Waals surface area contributed by atoms with Crippen LogP contribution in [-0.4, -0.2) is 15.6 Å². The molecule has 5 nitrogen and oxygen atoms in total. The van der Waals surface area contributed by atoms with Gasteiger partial charge < -0.3 is 4.74 Å². The van der Waals surface area contributed by atoms with Gasteiger partial charge in [0, 0.05) is 44.8 Å². The summed E-state index contributed by atoms with van der Waals surface area (Å²) in [6.07, 6.45) is 1.87. The molecule has 0 bridgehead atoms. The van der Waals surface area contributed by atoms with Crippen molar-refractivity contribution >= 4 is 50.6 Å². The minimum Gasteiger partial charge on any atom is -0.457 e. The van der Waals surface area contributed by atoms with Crippen LogP contribution >= 0.6 is 0 Å². The summed E-state index contributed by atoms with van der Waals surface area (Å²) in [7, 11) is 0. The lowest BCUT2D eigenvalue weighted by atomic mass is 9.78. The van der Waals surface area contributed by atoms with Crippen LogP contribution in [0.4, 0.5) is 22.7 Å². The number of aromatic nitrogens is 2. The number of hydrogen-bond acceptors (Lipinski definition) is 2. The van der Waals surface area contributed by atoms with Crippen molar-refractivity contribution < 1.29 is 14.3 Å². The number of aryl methyl sites for hydroxylation is 1. The highest BCUT2D eigenvalue weighted by atomic mass is 16.5. The van der Waals surface area contributed by atoms with Crippen LogP contribution in [0.5, 0.6) is 11.5 Å². The van der Waals surface area contributed by atoms with E-state index in [-0.39, 0.29) is 51.5 Å². The smallest absolute Gasteiger partial charge is 0.457 e. The molecule has 2 aromatic heterocycles. The molecule has 0 atom stereocenters. The Morgan fingerprint density at radius 3 is 1.99 bits per heavy atom. The average molecular weight is 946 g/mol. The predicted molar refractivity (Wildman–Crippen MR) is 303 cm³/mol. The summed E-state index contributed by atoms with van der Waals surface area (Å²) in [5, 5.41) is 2.13. The molecule has 72 heavy (non-hydrogen) atoms. The molecule has 1 aliphatic heterocycles. The fourth-order valence-corrected chi connectivity index (χ4v) is 9.75. The summed E-state index contributed by atoms with van der Waals surface area (Å²) in [4.78, 5) is 4.94. The molecule has 5 heteroatoms. The Hall–Kier alpha value is -8.11. The van der Waals surface area contributed by atoms with E-state index in [0.717, 1.165) is 61.0 Å². The van der Waals surface area contributed by atoms with Gasteiger partial charge in [0.05, 0.1) is 33.7 Å². The van der Waals surface area contributed by atoms with E-state index in [4.69, 9.17) is 16.6 Å². The molecule has 1 aliphatic rings. The van der Waals surface area contributed by atoms with Crippen LogP contribution < -0.4 is 13.9 Å². The van der Waals surface area contributed by atoms with Crippen LogP contribution in [-0.2, 0) is 16.2 Å². The van der Waals surface area contributed by atoms with Crippen LogP contribution in [0.2, 0.25) is 0 Å². The Kier molecular flexibility index (Phi) is 9.46. The molecular formula is C67H62N4O+2. The molecule has 3 heterocycles. The molecule has 0 N–H and O–H groups in total. The molecule has 0 unspecified atom stereocenters. The second-order valence-corrected chi connectivity index (χ2v) is 21.9. The largest absolute Gasteiger partial charge is 0.503 e. The van der Waals surface area contributed by atoms with Gasteiger partial charge in [-0.15, -0.1) is 0 Å². The number of benzene rings is 8. The van der Waals surface area contributed by atoms with Crippen molar-refractivity contribution in [1.29, 1.82) is 0 Å². The van der Waals surface area contributed by atoms with Crippen molar-refractivity contribution in [2.75, 3.05) is 0 Å². The third-order valence-corrected chi connectivity index (χ3v) is 13.7. The molecule has 0 fully saturated rings. The molecule has 0 amide bonds. The second-order valence-electron chi connectivity index (χ2n) is 21.9. The van der Waals surface area contributed by atoms with Gasteiger partial charge in [0.2, 0.25) is 11.4 Å². The lowest BCUT2D eigenvalue weighted by Gasteiger charge is -2.26. The summed E-state index contributed by atoms with van der Waals surface area (Å²) in [6, 6.07) is 56.3. The third-order valence-electron chi connectivity index (χ3n) is 13.7. The number of hydrogen-bond donors (Lipinski definition) is 0. The maximum atomic E-state index is 9.28. The minimum absolute atomic E-state index is 0.0777. The SMILES string of the molecule is [2H]c1cc([2H])c(-c2cccc(-c3cc(C(C)(C)C)cc(C(C)(C)C)c3)c2[N+]2=C=[N+](c3cccc(Oc4ccc5c6cc(-c7ccccc7)ccc6n(-c6cc(C(C)(C)C)ccn6)c5c4)c3)c3cccc(C([2H])([2H])[2H])c32)c([2H])c1[2H]. The molecule has 10 aromatic rings. The van der Waals surface area contributed by atoms with Crippen LogP contribution in [0.3, 0.4) is 0 Å². The highest BCUT2D eigenvalue weighted by Crippen LogP contribution is 2.47. The molecule has 8 aromatic carbocycles. The van der Waals surface area contributed by atoms with Crippen LogP contribution in [0.15, 0.2) is 194 Å². The van der Waals surface area contributed by atoms with E-state index in [0.29, 0.717) is 45.4 Å². The summed E-state index contributed by atoms with van der Waals surface area (Å²) < 4.78 is 75.3. The third kappa shape index (κ3) is 8.54. The summed E-state index contributed by atoms with van der Waals surface area (Å²) in [5.41, 5.74) is 11.1. The average Bonchev–Trinajstić information content (AvgIpc) is 3.83. The first-order valence-electron chi connectivity index (χ1n) is 28.1. The van der Waals surface area contributed by atoms with Crippen LogP contribution in [0, 0.1) is 6.85 Å². The van der Waals surface area contributed by atoms with E-state index in [1.165, 1.54) is 6.07 Å². The Bertz CT molecular complexity index is 4150. The van der Waals surface area contributed by atoms with E-state index < -0.39 is 6.85 Å². The summed E-state index contributed by atoms with van der Waals surface area (Å²) in [6.45, 7) is 17.1. The number of para-hydroxylation sites is 2. The van der Waals surface area contributed by atoms with Gasteiger partial charge in [-0.25, -0.2) is 4.98 Å². The highest BCUT2D eigenvalue weighted by Gasteiger charge is 2.41. The molecule has 0 radical (unpaired) electrons. The summed E-state index contributed by atoms with van der Waals surface area (Å²) in [5.74, 6) is 1.92. The highest BCUT2D eigenvalue weighted by molar-refractivity contribution is 6.11. The van der Waals surface area contributed by atoms with E-state index >= 15 is 0 Å².